The number of rotatable bonds is 4. The van der Waals surface area contributed by atoms with E-state index in [1.807, 2.05) is 0 Å². The minimum Gasteiger partial charge on any atom is -0.458 e. The lowest BCUT2D eigenvalue weighted by Gasteiger charge is -2.65. The molecular weight excluding hydrogens is 508 g/mol. The third-order valence-electron chi connectivity index (χ3n) is 12.0. The van der Waals surface area contributed by atoms with E-state index in [2.05, 4.69) is 6.92 Å². The van der Waals surface area contributed by atoms with Gasteiger partial charge in [0.05, 0.1) is 28.8 Å². The molecule has 9 unspecified atom stereocenters. The summed E-state index contributed by atoms with van der Waals surface area (Å²) in [7, 11) is 0. The van der Waals surface area contributed by atoms with E-state index in [9.17, 15) is 35.1 Å². The molecule has 2 heterocycles. The number of fused-ring (bicyclic) bond motifs is 5. The summed E-state index contributed by atoms with van der Waals surface area (Å²) in [6.45, 7) is 3.98. The molecule has 10 heteroatoms. The second-order valence-corrected chi connectivity index (χ2v) is 13.4. The number of aliphatic hydroxyl groups is 5. The van der Waals surface area contributed by atoms with Crippen LogP contribution in [0.2, 0.25) is 0 Å². The average molecular weight is 551 g/mol. The number of esters is 1. The monoisotopic (exact) mass is 550 g/mol. The van der Waals surface area contributed by atoms with Crippen molar-refractivity contribution < 1.29 is 49.3 Å². The number of hydrogen-bond donors (Lipinski definition) is 5. The Morgan fingerprint density at radius 1 is 0.974 bits per heavy atom. The van der Waals surface area contributed by atoms with Crippen LogP contribution in [0.5, 0.6) is 0 Å². The topological polar surface area (TPSA) is 163 Å². The van der Waals surface area contributed by atoms with Crippen molar-refractivity contribution in [2.45, 2.75) is 120 Å². The third kappa shape index (κ3) is 3.78. The first kappa shape index (κ1) is 27.8. The van der Waals surface area contributed by atoms with Crippen LogP contribution in [0.3, 0.4) is 0 Å². The lowest BCUT2D eigenvalue weighted by Crippen LogP contribution is -2.69. The maximum Gasteiger partial charge on any atom is 0.331 e. The molecule has 0 aromatic rings. The molecule has 5 N–H and O–H groups in total. The molecule has 4 saturated carbocycles. The van der Waals surface area contributed by atoms with Crippen molar-refractivity contribution in [2.24, 2.45) is 28.6 Å². The van der Waals surface area contributed by atoms with Crippen molar-refractivity contribution in [3.8, 4) is 0 Å². The first-order chi connectivity index (χ1) is 18.4. The van der Waals surface area contributed by atoms with E-state index in [1.165, 1.54) is 0 Å². The highest BCUT2D eigenvalue weighted by molar-refractivity contribution is 5.85. The summed E-state index contributed by atoms with van der Waals surface area (Å²) in [6.07, 6.45) is 0.689. The molecule has 0 bridgehead atoms. The summed E-state index contributed by atoms with van der Waals surface area (Å²) in [5.74, 6) is -0.616. The fourth-order valence-electron chi connectivity index (χ4n) is 9.75. The van der Waals surface area contributed by atoms with Gasteiger partial charge in [-0.25, -0.2) is 4.79 Å². The van der Waals surface area contributed by atoms with Crippen molar-refractivity contribution in [2.75, 3.05) is 6.61 Å². The van der Waals surface area contributed by atoms with Gasteiger partial charge in [0.1, 0.15) is 31.2 Å². The second-order valence-electron chi connectivity index (χ2n) is 13.4. The van der Waals surface area contributed by atoms with Gasteiger partial charge in [-0.15, -0.1) is 0 Å². The number of aldehydes is 1. The van der Waals surface area contributed by atoms with E-state index >= 15 is 0 Å². The quantitative estimate of drug-likeness (QED) is 0.192. The molecule has 13 atom stereocenters. The van der Waals surface area contributed by atoms with Crippen molar-refractivity contribution in [1.82, 2.24) is 0 Å². The fraction of sp³-hybridized carbons (Fsp3) is 0.862. The molecule has 0 amide bonds. The van der Waals surface area contributed by atoms with Gasteiger partial charge < -0.3 is 44.5 Å². The number of cyclic esters (lactones) is 1. The van der Waals surface area contributed by atoms with Gasteiger partial charge in [-0.1, -0.05) is 6.92 Å². The maximum atomic E-state index is 13.0. The zero-order chi connectivity index (χ0) is 28.0. The molecule has 1 saturated heterocycles. The van der Waals surface area contributed by atoms with Gasteiger partial charge in [-0.3, -0.25) is 0 Å². The van der Waals surface area contributed by atoms with Crippen molar-refractivity contribution >= 4 is 12.3 Å². The molecule has 0 spiro atoms. The first-order valence-electron chi connectivity index (χ1n) is 14.5. The fourth-order valence-corrected chi connectivity index (χ4v) is 9.75. The van der Waals surface area contributed by atoms with Crippen LogP contribution in [0.25, 0.3) is 0 Å². The summed E-state index contributed by atoms with van der Waals surface area (Å²) in [4.78, 5) is 24.8. The van der Waals surface area contributed by atoms with Crippen LogP contribution in [-0.4, -0.2) is 92.4 Å². The Labute approximate surface area is 228 Å². The van der Waals surface area contributed by atoms with E-state index in [0.717, 1.165) is 18.3 Å². The summed E-state index contributed by atoms with van der Waals surface area (Å²) < 4.78 is 16.9. The highest BCUT2D eigenvalue weighted by Gasteiger charge is 2.71. The number of carbonyl (C=O) groups is 2. The maximum absolute atomic E-state index is 13.0. The number of ether oxygens (including phenoxy) is 3. The SMILES string of the molecule is CC1OC(OC2CC[C@]3(C=O)C4CC[C@]5(C)C(C6=CC(=O)OC6)CC[C@]5(O)C4CC[C@]3(O)C2)C(O)C(O)C1O. The van der Waals surface area contributed by atoms with E-state index in [0.29, 0.717) is 44.9 Å². The largest absolute Gasteiger partial charge is 0.458 e. The van der Waals surface area contributed by atoms with Crippen LogP contribution in [-0.2, 0) is 23.8 Å². The number of carbonyl (C=O) groups excluding carboxylic acids is 2. The molecule has 2 aliphatic heterocycles. The van der Waals surface area contributed by atoms with Crippen LogP contribution in [0.15, 0.2) is 11.6 Å². The molecule has 0 radical (unpaired) electrons. The van der Waals surface area contributed by atoms with E-state index < -0.39 is 58.8 Å². The number of aliphatic hydroxyl groups excluding tert-OH is 3. The predicted octanol–water partition coefficient (Wildman–Crippen LogP) is 0.750. The van der Waals surface area contributed by atoms with Crippen LogP contribution in [0, 0.1) is 28.6 Å². The van der Waals surface area contributed by atoms with Gasteiger partial charge in [-0.2, -0.15) is 0 Å². The Balaban J connectivity index is 1.22. The van der Waals surface area contributed by atoms with E-state index in [4.69, 9.17) is 14.2 Å². The van der Waals surface area contributed by atoms with Gasteiger partial charge in [0, 0.05) is 17.9 Å². The van der Waals surface area contributed by atoms with Gasteiger partial charge in [0.2, 0.25) is 0 Å². The van der Waals surface area contributed by atoms with Crippen LogP contribution in [0.4, 0.5) is 0 Å². The average Bonchev–Trinajstić information content (AvgIpc) is 3.45. The minimum absolute atomic E-state index is 0.0465. The first-order valence-corrected chi connectivity index (χ1v) is 14.5. The Morgan fingerprint density at radius 2 is 1.72 bits per heavy atom. The second kappa shape index (κ2) is 9.31. The van der Waals surface area contributed by atoms with Crippen molar-refractivity contribution in [1.29, 1.82) is 0 Å². The molecule has 0 aromatic carbocycles. The number of hydrogen-bond acceptors (Lipinski definition) is 10. The van der Waals surface area contributed by atoms with Crippen LogP contribution >= 0.6 is 0 Å². The predicted molar refractivity (Wildman–Crippen MR) is 135 cm³/mol. The summed E-state index contributed by atoms with van der Waals surface area (Å²) in [6, 6.07) is 0. The van der Waals surface area contributed by atoms with E-state index in [1.54, 1.807) is 13.0 Å². The Hall–Kier alpha value is -1.40. The van der Waals surface area contributed by atoms with Crippen molar-refractivity contribution in [3.63, 3.8) is 0 Å². The Bertz CT molecular complexity index is 1050. The zero-order valence-corrected chi connectivity index (χ0v) is 22.7. The molecule has 10 nitrogen and oxygen atoms in total. The molecule has 6 aliphatic rings. The zero-order valence-electron chi connectivity index (χ0n) is 22.7. The van der Waals surface area contributed by atoms with Crippen LogP contribution < -0.4 is 0 Å². The molecule has 4 aliphatic carbocycles. The lowest BCUT2D eigenvalue weighted by molar-refractivity contribution is -0.317. The summed E-state index contributed by atoms with van der Waals surface area (Å²) in [5, 5.41) is 55.0. The van der Waals surface area contributed by atoms with Gasteiger partial charge in [-0.05, 0) is 81.6 Å². The van der Waals surface area contributed by atoms with Gasteiger partial charge >= 0.3 is 5.97 Å². The minimum atomic E-state index is -1.43. The standard InChI is InChI=1S/C29H42O10/c1-15-22(32)23(33)24(34)25(38-15)39-17-3-8-27(14-30)19-4-7-26(2)18(16-11-21(31)37-13-16)6-10-29(26,36)20(19)5-9-28(27,35)12-17/h11,14-15,17-20,22-25,32-36H,3-10,12-13H2,1-2H3/t15?,17?,18?,19?,20?,22?,23?,24?,25?,26-,27+,28+,29+/m1/s1. The molecule has 5 fully saturated rings. The molecule has 0 aromatic heterocycles. The summed E-state index contributed by atoms with van der Waals surface area (Å²) in [5.41, 5.74) is -2.86. The highest BCUT2D eigenvalue weighted by atomic mass is 16.7. The third-order valence-corrected chi connectivity index (χ3v) is 12.0. The molecular formula is C29H42O10. The van der Waals surface area contributed by atoms with E-state index in [-0.39, 0.29) is 36.8 Å². The lowest BCUT2D eigenvalue weighted by atomic mass is 9.41. The smallest absolute Gasteiger partial charge is 0.331 e. The summed E-state index contributed by atoms with van der Waals surface area (Å²) >= 11 is 0. The highest BCUT2D eigenvalue weighted by Crippen LogP contribution is 2.70. The molecule has 39 heavy (non-hydrogen) atoms. The Kier molecular flexibility index (Phi) is 6.62. The van der Waals surface area contributed by atoms with Gasteiger partial charge in [0.25, 0.3) is 0 Å². The Morgan fingerprint density at radius 3 is 2.41 bits per heavy atom. The normalized spacial score (nSPS) is 55.2. The van der Waals surface area contributed by atoms with Crippen LogP contribution in [0.1, 0.15) is 71.6 Å². The molecule has 6 rings (SSSR count). The van der Waals surface area contributed by atoms with Gasteiger partial charge in [0.15, 0.2) is 6.29 Å². The molecule has 218 valence electrons. The van der Waals surface area contributed by atoms with Crippen molar-refractivity contribution in [3.05, 3.63) is 11.6 Å².